The summed E-state index contributed by atoms with van der Waals surface area (Å²) in [7, 11) is 0. The summed E-state index contributed by atoms with van der Waals surface area (Å²) in [5.74, 6) is 2.07. The van der Waals surface area contributed by atoms with Gasteiger partial charge in [-0.05, 0) is 37.6 Å². The van der Waals surface area contributed by atoms with Gasteiger partial charge in [0, 0.05) is 18.5 Å². The summed E-state index contributed by atoms with van der Waals surface area (Å²) in [6, 6.07) is 0.739. The first-order valence-electron chi connectivity index (χ1n) is 6.99. The topological polar surface area (TPSA) is 29.3 Å². The maximum Gasteiger partial charge on any atom is 0.0768 e. The highest BCUT2D eigenvalue weighted by Gasteiger charge is 2.28. The lowest BCUT2D eigenvalue weighted by Crippen LogP contribution is -2.44. The second-order valence-corrected chi connectivity index (χ2v) is 6.28. The van der Waals surface area contributed by atoms with Gasteiger partial charge in [0.1, 0.15) is 0 Å². The van der Waals surface area contributed by atoms with Crippen LogP contribution in [-0.4, -0.2) is 29.0 Å². The molecule has 0 amide bonds. The second-order valence-electron chi connectivity index (χ2n) is 5.81. The molecule has 0 aliphatic heterocycles. The number of thiocarbonyl (C=S) groups is 1. The Morgan fingerprint density at radius 1 is 1.35 bits per heavy atom. The summed E-state index contributed by atoms with van der Waals surface area (Å²) in [6.07, 6.45) is 4.03. The van der Waals surface area contributed by atoms with Crippen LogP contribution in [0.5, 0.6) is 0 Å². The molecule has 1 rings (SSSR count). The third kappa shape index (κ3) is 4.22. The first-order chi connectivity index (χ1) is 7.95. The molecule has 100 valence electrons. The molecule has 4 unspecified atom stereocenters. The molecule has 0 bridgehead atoms. The van der Waals surface area contributed by atoms with Crippen molar-refractivity contribution in [2.24, 2.45) is 23.5 Å². The van der Waals surface area contributed by atoms with Gasteiger partial charge >= 0.3 is 0 Å². The Labute approximate surface area is 112 Å². The third-order valence-electron chi connectivity index (χ3n) is 4.49. The van der Waals surface area contributed by atoms with E-state index in [1.807, 2.05) is 0 Å². The Kier molecular flexibility index (Phi) is 5.87. The van der Waals surface area contributed by atoms with E-state index < -0.39 is 0 Å². The molecule has 0 spiro atoms. The summed E-state index contributed by atoms with van der Waals surface area (Å²) >= 11 is 5.08. The normalized spacial score (nSPS) is 31.5. The van der Waals surface area contributed by atoms with Crippen LogP contribution in [0.2, 0.25) is 0 Å². The van der Waals surface area contributed by atoms with E-state index in [-0.39, 0.29) is 0 Å². The Morgan fingerprint density at radius 2 is 2.00 bits per heavy atom. The van der Waals surface area contributed by atoms with Crippen LogP contribution >= 0.6 is 12.2 Å². The van der Waals surface area contributed by atoms with Crippen LogP contribution in [0, 0.1) is 17.8 Å². The van der Waals surface area contributed by atoms with Gasteiger partial charge in [0.05, 0.1) is 4.99 Å². The van der Waals surface area contributed by atoms with Crippen LogP contribution in [0.3, 0.4) is 0 Å². The molecule has 4 atom stereocenters. The number of nitrogens with two attached hydrogens (primary N) is 1. The number of hydrogen-bond donors (Lipinski definition) is 1. The van der Waals surface area contributed by atoms with Gasteiger partial charge in [-0.15, -0.1) is 0 Å². The third-order valence-corrected chi connectivity index (χ3v) is 4.89. The number of hydrogen-bond acceptors (Lipinski definition) is 2. The van der Waals surface area contributed by atoms with Crippen LogP contribution in [0.4, 0.5) is 0 Å². The molecule has 0 heterocycles. The van der Waals surface area contributed by atoms with Gasteiger partial charge in [0.2, 0.25) is 0 Å². The van der Waals surface area contributed by atoms with Gasteiger partial charge in [0.15, 0.2) is 0 Å². The molecule has 0 radical (unpaired) electrons. The standard InChI is InChI=1S/C14H28N2S/c1-5-16(9-12(4)14(15)17)13-7-6-10(2)11(3)8-13/h10-13H,5-9H2,1-4H3,(H2,15,17). The Hall–Kier alpha value is -0.150. The van der Waals surface area contributed by atoms with Crippen LogP contribution in [0.15, 0.2) is 0 Å². The molecule has 3 heteroatoms. The van der Waals surface area contributed by atoms with Gasteiger partial charge in [-0.3, -0.25) is 4.90 Å². The predicted octanol–water partition coefficient (Wildman–Crippen LogP) is 3.06. The minimum Gasteiger partial charge on any atom is -0.393 e. The van der Waals surface area contributed by atoms with Crippen molar-refractivity contribution >= 4 is 17.2 Å². The molecule has 2 nitrogen and oxygen atoms in total. The molecule has 0 aromatic rings. The molecule has 1 aliphatic carbocycles. The van der Waals surface area contributed by atoms with E-state index in [0.29, 0.717) is 10.9 Å². The number of nitrogens with zero attached hydrogens (tertiary/aromatic N) is 1. The van der Waals surface area contributed by atoms with E-state index in [9.17, 15) is 0 Å². The van der Waals surface area contributed by atoms with E-state index in [0.717, 1.165) is 31.0 Å². The van der Waals surface area contributed by atoms with Gasteiger partial charge in [-0.2, -0.15) is 0 Å². The summed E-state index contributed by atoms with van der Waals surface area (Å²) < 4.78 is 0. The highest BCUT2D eigenvalue weighted by atomic mass is 32.1. The Morgan fingerprint density at radius 3 is 2.47 bits per heavy atom. The van der Waals surface area contributed by atoms with E-state index in [2.05, 4.69) is 32.6 Å². The van der Waals surface area contributed by atoms with Gasteiger partial charge < -0.3 is 5.73 Å². The largest absolute Gasteiger partial charge is 0.393 e. The zero-order valence-corrected chi connectivity index (χ0v) is 12.6. The lowest BCUT2D eigenvalue weighted by Gasteiger charge is -2.39. The SMILES string of the molecule is CCN(CC(C)C(N)=S)C1CCC(C)C(C)C1. The highest BCUT2D eigenvalue weighted by Crippen LogP contribution is 2.32. The van der Waals surface area contributed by atoms with Crippen molar-refractivity contribution in [2.75, 3.05) is 13.1 Å². The average Bonchev–Trinajstić information content (AvgIpc) is 2.29. The molecule has 1 aliphatic rings. The lowest BCUT2D eigenvalue weighted by atomic mass is 9.78. The minimum absolute atomic E-state index is 0.333. The molecule has 1 fully saturated rings. The monoisotopic (exact) mass is 256 g/mol. The molecule has 2 N–H and O–H groups in total. The Bertz CT molecular complexity index is 255. The highest BCUT2D eigenvalue weighted by molar-refractivity contribution is 7.80. The molecule has 0 aromatic carbocycles. The van der Waals surface area contributed by atoms with Gasteiger partial charge in [-0.25, -0.2) is 0 Å². The molecule has 0 saturated heterocycles. The predicted molar refractivity (Wildman–Crippen MR) is 79.2 cm³/mol. The van der Waals surface area contributed by atoms with Gasteiger partial charge in [0.25, 0.3) is 0 Å². The fraction of sp³-hybridized carbons (Fsp3) is 0.929. The summed E-state index contributed by atoms with van der Waals surface area (Å²) in [6.45, 7) is 11.3. The van der Waals surface area contributed by atoms with Crippen molar-refractivity contribution in [3.8, 4) is 0 Å². The van der Waals surface area contributed by atoms with Crippen molar-refractivity contribution < 1.29 is 0 Å². The van der Waals surface area contributed by atoms with Gasteiger partial charge in [-0.1, -0.05) is 39.9 Å². The minimum atomic E-state index is 0.333. The molecular weight excluding hydrogens is 228 g/mol. The van der Waals surface area contributed by atoms with Crippen molar-refractivity contribution in [3.05, 3.63) is 0 Å². The first kappa shape index (κ1) is 14.9. The lowest BCUT2D eigenvalue weighted by molar-refractivity contribution is 0.108. The zero-order valence-electron chi connectivity index (χ0n) is 11.8. The van der Waals surface area contributed by atoms with E-state index in [1.54, 1.807) is 0 Å². The smallest absolute Gasteiger partial charge is 0.0768 e. The van der Waals surface area contributed by atoms with E-state index in [4.69, 9.17) is 18.0 Å². The van der Waals surface area contributed by atoms with Crippen LogP contribution < -0.4 is 5.73 Å². The van der Waals surface area contributed by atoms with Crippen molar-refractivity contribution in [3.63, 3.8) is 0 Å². The first-order valence-corrected chi connectivity index (χ1v) is 7.39. The number of rotatable bonds is 5. The fourth-order valence-corrected chi connectivity index (χ4v) is 2.90. The van der Waals surface area contributed by atoms with Crippen LogP contribution in [0.25, 0.3) is 0 Å². The molecule has 1 saturated carbocycles. The van der Waals surface area contributed by atoms with Crippen LogP contribution in [-0.2, 0) is 0 Å². The second kappa shape index (κ2) is 6.69. The molecular formula is C14H28N2S. The van der Waals surface area contributed by atoms with E-state index in [1.165, 1.54) is 19.3 Å². The van der Waals surface area contributed by atoms with Crippen molar-refractivity contribution in [2.45, 2.75) is 53.0 Å². The molecule has 17 heavy (non-hydrogen) atoms. The average molecular weight is 256 g/mol. The van der Waals surface area contributed by atoms with E-state index >= 15 is 0 Å². The maximum absolute atomic E-state index is 5.72. The Balaban J connectivity index is 2.53. The summed E-state index contributed by atoms with van der Waals surface area (Å²) in [5, 5.41) is 0. The van der Waals surface area contributed by atoms with Crippen LogP contribution in [0.1, 0.15) is 47.0 Å². The quantitative estimate of drug-likeness (QED) is 0.767. The van der Waals surface area contributed by atoms with Crippen molar-refractivity contribution in [1.82, 2.24) is 4.90 Å². The maximum atomic E-state index is 5.72. The molecule has 0 aromatic heterocycles. The summed E-state index contributed by atoms with van der Waals surface area (Å²) in [4.78, 5) is 3.23. The zero-order chi connectivity index (χ0) is 13.0. The summed E-state index contributed by atoms with van der Waals surface area (Å²) in [5.41, 5.74) is 5.72. The van der Waals surface area contributed by atoms with Crippen molar-refractivity contribution in [1.29, 1.82) is 0 Å². The fourth-order valence-electron chi connectivity index (χ4n) is 2.83.